The van der Waals surface area contributed by atoms with E-state index < -0.39 is 0 Å². The lowest BCUT2D eigenvalue weighted by atomic mass is 10.1. The van der Waals surface area contributed by atoms with Crippen LogP contribution in [0.2, 0.25) is 0 Å². The summed E-state index contributed by atoms with van der Waals surface area (Å²) in [7, 11) is 0. The molecule has 0 aliphatic carbocycles. The summed E-state index contributed by atoms with van der Waals surface area (Å²) in [6, 6.07) is 7.70. The number of fused-ring (bicyclic) bond motifs is 1. The molecule has 1 heterocycles. The van der Waals surface area contributed by atoms with Crippen molar-refractivity contribution >= 4 is 22.5 Å². The number of carbonyl (C=O) groups excluding carboxylic acids is 1. The molecule has 1 atom stereocenters. The Morgan fingerprint density at radius 2 is 2.20 bits per heavy atom. The summed E-state index contributed by atoms with van der Waals surface area (Å²) in [6.45, 7) is 4.22. The van der Waals surface area contributed by atoms with Gasteiger partial charge in [-0.3, -0.25) is 4.79 Å². The number of aromatic amines is 1. The van der Waals surface area contributed by atoms with Gasteiger partial charge in [-0.2, -0.15) is 0 Å². The molecule has 0 saturated heterocycles. The second-order valence-electron chi connectivity index (χ2n) is 5.36. The van der Waals surface area contributed by atoms with Crippen molar-refractivity contribution in [2.45, 2.75) is 45.6 Å². The van der Waals surface area contributed by atoms with Gasteiger partial charge in [-0.15, -0.1) is 0 Å². The summed E-state index contributed by atoms with van der Waals surface area (Å²) in [5.74, 6) is -0.0652. The van der Waals surface area contributed by atoms with Gasteiger partial charge in [-0.05, 0) is 25.5 Å². The molecular formula is C16H23N3O. The second kappa shape index (κ2) is 6.46. The summed E-state index contributed by atoms with van der Waals surface area (Å²) >= 11 is 0. The Labute approximate surface area is 119 Å². The van der Waals surface area contributed by atoms with Gasteiger partial charge in [0.25, 0.3) is 5.91 Å². The molecule has 0 bridgehead atoms. The fourth-order valence-electron chi connectivity index (χ4n) is 2.38. The third-order valence-electron chi connectivity index (χ3n) is 3.55. The molecule has 0 radical (unpaired) electrons. The van der Waals surface area contributed by atoms with Crippen molar-refractivity contribution in [3.63, 3.8) is 0 Å². The van der Waals surface area contributed by atoms with Crippen molar-refractivity contribution in [2.75, 3.05) is 5.73 Å². The van der Waals surface area contributed by atoms with E-state index in [1.807, 2.05) is 31.2 Å². The third kappa shape index (κ3) is 3.32. The van der Waals surface area contributed by atoms with Crippen LogP contribution in [-0.2, 0) is 0 Å². The average molecular weight is 273 g/mol. The molecule has 0 fully saturated rings. The van der Waals surface area contributed by atoms with Crippen molar-refractivity contribution in [3.05, 3.63) is 30.0 Å². The van der Waals surface area contributed by atoms with Crippen LogP contribution in [0, 0.1) is 0 Å². The largest absolute Gasteiger partial charge is 0.397 e. The van der Waals surface area contributed by atoms with Gasteiger partial charge in [0.15, 0.2) is 0 Å². The van der Waals surface area contributed by atoms with Crippen LogP contribution in [0.1, 0.15) is 50.0 Å². The first-order valence-corrected chi connectivity index (χ1v) is 7.30. The molecule has 1 aromatic heterocycles. The van der Waals surface area contributed by atoms with Crippen molar-refractivity contribution in [1.29, 1.82) is 0 Å². The van der Waals surface area contributed by atoms with Crippen LogP contribution in [0.4, 0.5) is 5.69 Å². The first-order valence-electron chi connectivity index (χ1n) is 7.30. The summed E-state index contributed by atoms with van der Waals surface area (Å²) < 4.78 is 0. The van der Waals surface area contributed by atoms with Crippen LogP contribution in [0.15, 0.2) is 24.3 Å². The maximum Gasteiger partial charge on any atom is 0.267 e. The molecule has 1 amide bonds. The highest BCUT2D eigenvalue weighted by Gasteiger charge is 2.13. The zero-order chi connectivity index (χ0) is 14.5. The molecule has 4 heteroatoms. The van der Waals surface area contributed by atoms with Crippen molar-refractivity contribution < 1.29 is 4.79 Å². The van der Waals surface area contributed by atoms with E-state index in [0.29, 0.717) is 11.4 Å². The third-order valence-corrected chi connectivity index (χ3v) is 3.55. The van der Waals surface area contributed by atoms with E-state index in [9.17, 15) is 4.79 Å². The summed E-state index contributed by atoms with van der Waals surface area (Å²) in [4.78, 5) is 15.3. The van der Waals surface area contributed by atoms with Crippen LogP contribution in [0.3, 0.4) is 0 Å². The van der Waals surface area contributed by atoms with E-state index >= 15 is 0 Å². The fourth-order valence-corrected chi connectivity index (χ4v) is 2.38. The minimum atomic E-state index is -0.0652. The van der Waals surface area contributed by atoms with Crippen LogP contribution in [0.5, 0.6) is 0 Å². The van der Waals surface area contributed by atoms with E-state index in [1.165, 1.54) is 12.8 Å². The highest BCUT2D eigenvalue weighted by atomic mass is 16.1. The van der Waals surface area contributed by atoms with E-state index in [-0.39, 0.29) is 11.9 Å². The Balaban J connectivity index is 2.02. The number of rotatable bonds is 6. The number of amides is 1. The molecule has 0 saturated carbocycles. The zero-order valence-electron chi connectivity index (χ0n) is 12.2. The molecular weight excluding hydrogens is 250 g/mol. The maximum atomic E-state index is 12.2. The van der Waals surface area contributed by atoms with Gasteiger partial charge in [0.05, 0.1) is 11.2 Å². The molecule has 108 valence electrons. The van der Waals surface area contributed by atoms with Gasteiger partial charge >= 0.3 is 0 Å². The van der Waals surface area contributed by atoms with Gasteiger partial charge < -0.3 is 16.0 Å². The number of para-hydroxylation sites is 1. The molecule has 2 aromatic rings. The summed E-state index contributed by atoms with van der Waals surface area (Å²) in [5.41, 5.74) is 7.95. The number of nitrogens with one attached hydrogen (secondary N) is 2. The lowest BCUT2D eigenvalue weighted by Crippen LogP contribution is -2.32. The van der Waals surface area contributed by atoms with Crippen molar-refractivity contribution in [2.24, 2.45) is 0 Å². The van der Waals surface area contributed by atoms with Gasteiger partial charge in [0.1, 0.15) is 5.69 Å². The minimum absolute atomic E-state index is 0.0652. The average Bonchev–Trinajstić information content (AvgIpc) is 2.84. The highest BCUT2D eigenvalue weighted by molar-refractivity contribution is 6.00. The SMILES string of the molecule is CCCCCC(C)NC(=O)c1cc2cccc(N)c2[nH]1. The number of benzene rings is 1. The Kier molecular flexibility index (Phi) is 4.66. The number of unbranched alkanes of at least 4 members (excludes halogenated alkanes) is 2. The minimum Gasteiger partial charge on any atom is -0.397 e. The standard InChI is InChI=1S/C16H23N3O/c1-3-4-5-7-11(2)18-16(20)14-10-12-8-6-9-13(17)15(12)19-14/h6,8-11,19H,3-5,7,17H2,1-2H3,(H,18,20). The number of hydrogen-bond donors (Lipinski definition) is 3. The molecule has 0 aliphatic rings. The smallest absolute Gasteiger partial charge is 0.267 e. The second-order valence-corrected chi connectivity index (χ2v) is 5.36. The normalized spacial score (nSPS) is 12.5. The van der Waals surface area contributed by atoms with E-state index in [4.69, 9.17) is 5.73 Å². The number of hydrogen-bond acceptors (Lipinski definition) is 2. The Bertz CT molecular complexity index is 588. The molecule has 1 aromatic carbocycles. The topological polar surface area (TPSA) is 70.9 Å². The van der Waals surface area contributed by atoms with Crippen LogP contribution < -0.4 is 11.1 Å². The molecule has 20 heavy (non-hydrogen) atoms. The predicted octanol–water partition coefficient (Wildman–Crippen LogP) is 3.45. The van der Waals surface area contributed by atoms with Crippen molar-refractivity contribution in [1.82, 2.24) is 10.3 Å². The summed E-state index contributed by atoms with van der Waals surface area (Å²) in [6.07, 6.45) is 4.57. The van der Waals surface area contributed by atoms with Crippen LogP contribution >= 0.6 is 0 Å². The van der Waals surface area contributed by atoms with Gasteiger partial charge in [0.2, 0.25) is 0 Å². The van der Waals surface area contributed by atoms with E-state index in [2.05, 4.69) is 17.2 Å². The number of nitrogens with two attached hydrogens (primary N) is 1. The Morgan fingerprint density at radius 1 is 1.40 bits per heavy atom. The fraction of sp³-hybridized carbons (Fsp3) is 0.438. The summed E-state index contributed by atoms with van der Waals surface area (Å²) in [5, 5.41) is 3.99. The molecule has 0 spiro atoms. The van der Waals surface area contributed by atoms with Crippen LogP contribution in [-0.4, -0.2) is 16.9 Å². The Morgan fingerprint density at radius 3 is 2.90 bits per heavy atom. The quantitative estimate of drug-likeness (QED) is 0.557. The molecule has 0 aliphatic heterocycles. The highest BCUT2D eigenvalue weighted by Crippen LogP contribution is 2.21. The zero-order valence-corrected chi connectivity index (χ0v) is 12.2. The van der Waals surface area contributed by atoms with Crippen molar-refractivity contribution in [3.8, 4) is 0 Å². The molecule has 4 N–H and O–H groups in total. The lowest BCUT2D eigenvalue weighted by Gasteiger charge is -2.12. The van der Waals surface area contributed by atoms with Gasteiger partial charge in [-0.25, -0.2) is 0 Å². The first kappa shape index (κ1) is 14.4. The first-order chi connectivity index (χ1) is 9.61. The number of anilines is 1. The van der Waals surface area contributed by atoms with Crippen LogP contribution in [0.25, 0.3) is 10.9 Å². The van der Waals surface area contributed by atoms with E-state index in [1.54, 1.807) is 0 Å². The number of aromatic nitrogens is 1. The molecule has 4 nitrogen and oxygen atoms in total. The Hall–Kier alpha value is -1.97. The number of H-pyrrole nitrogens is 1. The van der Waals surface area contributed by atoms with Gasteiger partial charge in [0, 0.05) is 11.4 Å². The van der Waals surface area contributed by atoms with E-state index in [0.717, 1.165) is 23.7 Å². The number of carbonyl (C=O) groups is 1. The monoisotopic (exact) mass is 273 g/mol. The maximum absolute atomic E-state index is 12.2. The lowest BCUT2D eigenvalue weighted by molar-refractivity contribution is 0.0933. The molecule has 1 unspecified atom stereocenters. The predicted molar refractivity (Wildman–Crippen MR) is 83.8 cm³/mol. The van der Waals surface area contributed by atoms with Gasteiger partial charge in [-0.1, -0.05) is 38.3 Å². The molecule has 2 rings (SSSR count). The number of nitrogen functional groups attached to an aromatic ring is 1.